The van der Waals surface area contributed by atoms with E-state index in [9.17, 15) is 9.59 Å². The fraction of sp³-hybridized carbons (Fsp3) is 0.833. The molecule has 0 rings (SSSR count). The van der Waals surface area contributed by atoms with E-state index in [-0.39, 0.29) is 12.5 Å². The molecule has 0 atom stereocenters. The van der Waals surface area contributed by atoms with Gasteiger partial charge in [0.1, 0.15) is 12.5 Å². The Morgan fingerprint density at radius 2 is 1.56 bits per heavy atom. The minimum Gasteiger partial charge on any atom is -0.466 e. The molecular formula is C12H22O4. The van der Waals surface area contributed by atoms with Crippen LogP contribution in [0.5, 0.6) is 0 Å². The Hall–Kier alpha value is -1.06. The minimum atomic E-state index is -0.515. The number of esters is 2. The van der Waals surface area contributed by atoms with E-state index in [2.05, 4.69) is 4.74 Å². The molecular weight excluding hydrogens is 208 g/mol. The second kappa shape index (κ2) is 9.19. The van der Waals surface area contributed by atoms with Crippen LogP contribution in [0.4, 0.5) is 0 Å². The van der Waals surface area contributed by atoms with E-state index in [1.54, 1.807) is 6.92 Å². The summed E-state index contributed by atoms with van der Waals surface area (Å²) in [6.45, 7) is 6.09. The smallest absolute Gasteiger partial charge is 0.317 e. The summed E-state index contributed by atoms with van der Waals surface area (Å²) in [5.74, 6) is -0.996. The van der Waals surface area contributed by atoms with Gasteiger partial charge < -0.3 is 9.47 Å². The van der Waals surface area contributed by atoms with E-state index >= 15 is 0 Å². The zero-order valence-electron chi connectivity index (χ0n) is 10.5. The molecule has 0 spiro atoms. The topological polar surface area (TPSA) is 52.6 Å². The highest BCUT2D eigenvalue weighted by Crippen LogP contribution is 2.10. The molecule has 0 radical (unpaired) electrons. The van der Waals surface area contributed by atoms with Gasteiger partial charge in [-0.1, -0.05) is 26.7 Å². The zero-order valence-corrected chi connectivity index (χ0v) is 10.5. The van der Waals surface area contributed by atoms with Crippen LogP contribution in [0.25, 0.3) is 0 Å². The Kier molecular flexibility index (Phi) is 8.58. The standard InChI is InChI=1S/C12H22O4/c1-4-7-10(8-5-2)16-12(14)9-11(13)15-6-3/h10H,4-9H2,1-3H3. The molecule has 0 heterocycles. The highest BCUT2D eigenvalue weighted by Gasteiger charge is 2.16. The zero-order chi connectivity index (χ0) is 12.4. The molecule has 0 aromatic rings. The third kappa shape index (κ3) is 7.26. The number of rotatable bonds is 8. The monoisotopic (exact) mass is 230 g/mol. The highest BCUT2D eigenvalue weighted by atomic mass is 16.6. The van der Waals surface area contributed by atoms with Gasteiger partial charge in [-0.25, -0.2) is 0 Å². The van der Waals surface area contributed by atoms with Crippen LogP contribution in [-0.2, 0) is 19.1 Å². The lowest BCUT2D eigenvalue weighted by Gasteiger charge is -2.16. The predicted octanol–water partition coefficient (Wildman–Crippen LogP) is 2.45. The van der Waals surface area contributed by atoms with Gasteiger partial charge in [-0.15, -0.1) is 0 Å². The first-order chi connectivity index (χ1) is 7.63. The van der Waals surface area contributed by atoms with Gasteiger partial charge in [0.2, 0.25) is 0 Å². The van der Waals surface area contributed by atoms with Crippen molar-refractivity contribution in [3.63, 3.8) is 0 Å². The van der Waals surface area contributed by atoms with Crippen molar-refractivity contribution in [3.8, 4) is 0 Å². The Morgan fingerprint density at radius 3 is 2.00 bits per heavy atom. The summed E-state index contributed by atoms with van der Waals surface area (Å²) in [5, 5.41) is 0. The van der Waals surface area contributed by atoms with Crippen molar-refractivity contribution >= 4 is 11.9 Å². The van der Waals surface area contributed by atoms with Crippen molar-refractivity contribution in [1.29, 1.82) is 0 Å². The van der Waals surface area contributed by atoms with E-state index in [0.29, 0.717) is 6.61 Å². The Balaban J connectivity index is 3.93. The summed E-state index contributed by atoms with van der Waals surface area (Å²) in [7, 11) is 0. The van der Waals surface area contributed by atoms with Crippen LogP contribution in [-0.4, -0.2) is 24.6 Å². The van der Waals surface area contributed by atoms with Gasteiger partial charge >= 0.3 is 11.9 Å². The lowest BCUT2D eigenvalue weighted by molar-refractivity contribution is -0.157. The molecule has 0 aliphatic heterocycles. The van der Waals surface area contributed by atoms with Crippen molar-refractivity contribution in [3.05, 3.63) is 0 Å². The fourth-order valence-corrected chi connectivity index (χ4v) is 1.46. The van der Waals surface area contributed by atoms with Gasteiger partial charge in [-0.05, 0) is 19.8 Å². The summed E-state index contributed by atoms with van der Waals surface area (Å²) < 4.78 is 9.88. The van der Waals surface area contributed by atoms with E-state index in [1.165, 1.54) is 0 Å². The SMILES string of the molecule is CCCC(CCC)OC(=O)CC(=O)OCC. The number of ether oxygens (including phenoxy) is 2. The Morgan fingerprint density at radius 1 is 1.00 bits per heavy atom. The first-order valence-electron chi connectivity index (χ1n) is 5.99. The van der Waals surface area contributed by atoms with Crippen molar-refractivity contribution in [2.24, 2.45) is 0 Å². The third-order valence-corrected chi connectivity index (χ3v) is 2.11. The van der Waals surface area contributed by atoms with Gasteiger partial charge in [-0.3, -0.25) is 9.59 Å². The molecule has 0 amide bonds. The maximum absolute atomic E-state index is 11.4. The lowest BCUT2D eigenvalue weighted by atomic mass is 10.1. The molecule has 0 unspecified atom stereocenters. The van der Waals surface area contributed by atoms with Crippen molar-refractivity contribution in [2.75, 3.05) is 6.61 Å². The van der Waals surface area contributed by atoms with Crippen LogP contribution in [0, 0.1) is 0 Å². The lowest BCUT2D eigenvalue weighted by Crippen LogP contribution is -2.21. The van der Waals surface area contributed by atoms with Crippen molar-refractivity contribution in [2.45, 2.75) is 59.0 Å². The van der Waals surface area contributed by atoms with Crippen molar-refractivity contribution < 1.29 is 19.1 Å². The molecule has 0 aliphatic rings. The highest BCUT2D eigenvalue weighted by molar-refractivity contribution is 5.91. The van der Waals surface area contributed by atoms with Crippen LogP contribution in [0.1, 0.15) is 52.9 Å². The van der Waals surface area contributed by atoms with Gasteiger partial charge in [0.15, 0.2) is 0 Å². The molecule has 4 nitrogen and oxygen atoms in total. The second-order valence-corrected chi connectivity index (χ2v) is 3.67. The average Bonchev–Trinajstić information content (AvgIpc) is 2.18. The van der Waals surface area contributed by atoms with Crippen LogP contribution >= 0.6 is 0 Å². The molecule has 16 heavy (non-hydrogen) atoms. The van der Waals surface area contributed by atoms with Gasteiger partial charge in [0.05, 0.1) is 6.61 Å². The van der Waals surface area contributed by atoms with Gasteiger partial charge in [0, 0.05) is 0 Å². The number of carbonyl (C=O) groups is 2. The number of hydrogen-bond donors (Lipinski definition) is 0. The second-order valence-electron chi connectivity index (χ2n) is 3.67. The summed E-state index contributed by atoms with van der Waals surface area (Å²) >= 11 is 0. The molecule has 0 aliphatic carbocycles. The summed E-state index contributed by atoms with van der Waals surface area (Å²) in [6, 6.07) is 0. The number of carbonyl (C=O) groups excluding carboxylic acids is 2. The predicted molar refractivity (Wildman–Crippen MR) is 60.9 cm³/mol. The van der Waals surface area contributed by atoms with Crippen LogP contribution in [0.15, 0.2) is 0 Å². The summed E-state index contributed by atoms with van der Waals surface area (Å²) in [6.07, 6.45) is 3.30. The number of hydrogen-bond acceptors (Lipinski definition) is 4. The molecule has 94 valence electrons. The van der Waals surface area contributed by atoms with Crippen LogP contribution < -0.4 is 0 Å². The molecule has 0 saturated heterocycles. The molecule has 0 fully saturated rings. The van der Waals surface area contributed by atoms with Crippen LogP contribution in [0.3, 0.4) is 0 Å². The van der Waals surface area contributed by atoms with Gasteiger partial charge in [-0.2, -0.15) is 0 Å². The molecule has 0 bridgehead atoms. The first-order valence-corrected chi connectivity index (χ1v) is 5.99. The molecule has 0 saturated carbocycles. The average molecular weight is 230 g/mol. The molecule has 0 N–H and O–H groups in total. The molecule has 4 heteroatoms. The summed E-state index contributed by atoms with van der Waals surface area (Å²) in [4.78, 5) is 22.4. The van der Waals surface area contributed by atoms with E-state index in [0.717, 1.165) is 25.7 Å². The Bertz CT molecular complexity index is 207. The van der Waals surface area contributed by atoms with E-state index < -0.39 is 11.9 Å². The minimum absolute atomic E-state index is 0.0584. The quantitative estimate of drug-likeness (QED) is 0.475. The van der Waals surface area contributed by atoms with Crippen molar-refractivity contribution in [1.82, 2.24) is 0 Å². The van der Waals surface area contributed by atoms with E-state index in [1.807, 2.05) is 13.8 Å². The maximum Gasteiger partial charge on any atom is 0.317 e. The van der Waals surface area contributed by atoms with Gasteiger partial charge in [0.25, 0.3) is 0 Å². The van der Waals surface area contributed by atoms with E-state index in [4.69, 9.17) is 4.74 Å². The molecule has 0 aromatic heterocycles. The van der Waals surface area contributed by atoms with Crippen LogP contribution in [0.2, 0.25) is 0 Å². The maximum atomic E-state index is 11.4. The Labute approximate surface area is 97.3 Å². The fourth-order valence-electron chi connectivity index (χ4n) is 1.46. The first kappa shape index (κ1) is 14.9. The summed E-state index contributed by atoms with van der Waals surface area (Å²) in [5.41, 5.74) is 0. The normalized spacial score (nSPS) is 10.2. The third-order valence-electron chi connectivity index (χ3n) is 2.11. The largest absolute Gasteiger partial charge is 0.466 e. The molecule has 0 aromatic carbocycles.